The van der Waals surface area contributed by atoms with Crippen molar-refractivity contribution in [3.63, 3.8) is 0 Å². The number of nitrogens with one attached hydrogen (secondary N) is 3. The van der Waals surface area contributed by atoms with Crippen LogP contribution in [0.3, 0.4) is 0 Å². The Kier molecular flexibility index (Phi) is 11.2. The van der Waals surface area contributed by atoms with Crippen molar-refractivity contribution < 1.29 is 27.9 Å². The van der Waals surface area contributed by atoms with Crippen LogP contribution in [0, 0.1) is 12.8 Å². The van der Waals surface area contributed by atoms with Crippen LogP contribution < -0.4 is 15.4 Å². The van der Waals surface area contributed by atoms with Gasteiger partial charge >= 0.3 is 0 Å². The summed E-state index contributed by atoms with van der Waals surface area (Å²) in [5.41, 5.74) is 2.75. The van der Waals surface area contributed by atoms with Crippen molar-refractivity contribution in [1.29, 1.82) is 0 Å². The summed E-state index contributed by atoms with van der Waals surface area (Å²) < 4.78 is 25.6. The predicted octanol–water partition coefficient (Wildman–Crippen LogP) is 1.95. The van der Waals surface area contributed by atoms with Crippen molar-refractivity contribution >= 4 is 39.5 Å². The smallest absolute Gasteiger partial charge is 0.254 e. The Morgan fingerprint density at radius 1 is 1.07 bits per heavy atom. The molecule has 0 radical (unpaired) electrons. The van der Waals surface area contributed by atoms with Gasteiger partial charge in [0, 0.05) is 11.3 Å². The number of thioether (sulfide) groups is 1. The van der Waals surface area contributed by atoms with Crippen LogP contribution in [0.15, 0.2) is 54.6 Å². The Morgan fingerprint density at radius 2 is 1.69 bits per heavy atom. The summed E-state index contributed by atoms with van der Waals surface area (Å²) in [5, 5.41) is 17.1. The summed E-state index contributed by atoms with van der Waals surface area (Å²) in [4.78, 5) is 42.0. The van der Waals surface area contributed by atoms with Crippen molar-refractivity contribution in [3.05, 3.63) is 71.3 Å². The lowest BCUT2D eigenvalue weighted by atomic mass is 9.96. The summed E-state index contributed by atoms with van der Waals surface area (Å²) in [7, 11) is -3.71. The van der Waals surface area contributed by atoms with E-state index in [-0.39, 0.29) is 18.2 Å². The molecule has 1 saturated heterocycles. The van der Waals surface area contributed by atoms with Gasteiger partial charge in [-0.3, -0.25) is 14.4 Å². The lowest BCUT2D eigenvalue weighted by Gasteiger charge is -2.34. The normalized spacial score (nSPS) is 18.8. The number of sulfonamides is 1. The summed E-state index contributed by atoms with van der Waals surface area (Å²) in [5.74, 6) is -1.91. The predicted molar refractivity (Wildman–Crippen MR) is 165 cm³/mol. The average molecular weight is 619 g/mol. The third kappa shape index (κ3) is 8.79. The summed E-state index contributed by atoms with van der Waals surface area (Å²) in [6, 6.07) is 13.7. The van der Waals surface area contributed by atoms with Gasteiger partial charge in [-0.25, -0.2) is 13.1 Å². The van der Waals surface area contributed by atoms with Gasteiger partial charge in [0.1, 0.15) is 12.1 Å². The number of carbonyl (C=O) groups excluding carboxylic acids is 3. The molecule has 4 atom stereocenters. The van der Waals surface area contributed by atoms with Crippen LogP contribution in [0.5, 0.6) is 0 Å². The van der Waals surface area contributed by atoms with Crippen LogP contribution in [0.25, 0.3) is 0 Å². The number of benzene rings is 2. The third-order valence-electron chi connectivity index (χ3n) is 7.34. The Hall–Kier alpha value is -2.93. The minimum Gasteiger partial charge on any atom is -0.381 e. The Balaban J connectivity index is 1.85. The first-order valence-corrected chi connectivity index (χ1v) is 16.7. The zero-order chi connectivity index (χ0) is 31.2. The quantitative estimate of drug-likeness (QED) is 0.285. The van der Waals surface area contributed by atoms with E-state index in [2.05, 4.69) is 15.4 Å². The maximum absolute atomic E-state index is 13.8. The van der Waals surface area contributed by atoms with E-state index in [1.54, 1.807) is 26.0 Å². The molecular weight excluding hydrogens is 576 g/mol. The molecule has 3 amide bonds. The fourth-order valence-corrected chi connectivity index (χ4v) is 6.93. The minimum absolute atomic E-state index is 0.109. The summed E-state index contributed by atoms with van der Waals surface area (Å²) in [6.07, 6.45) is -0.619. The van der Waals surface area contributed by atoms with Crippen LogP contribution in [-0.4, -0.2) is 77.3 Å². The molecule has 0 saturated carbocycles. The average Bonchev–Trinajstić information content (AvgIpc) is 3.24. The molecule has 1 aliphatic rings. The van der Waals surface area contributed by atoms with Gasteiger partial charge < -0.3 is 20.6 Å². The number of rotatable bonds is 12. The van der Waals surface area contributed by atoms with Gasteiger partial charge in [0.2, 0.25) is 21.8 Å². The first-order chi connectivity index (χ1) is 19.6. The van der Waals surface area contributed by atoms with E-state index in [0.29, 0.717) is 6.54 Å². The Bertz CT molecular complexity index is 1370. The second-order valence-electron chi connectivity index (χ2n) is 11.6. The molecule has 1 aliphatic heterocycles. The van der Waals surface area contributed by atoms with Crippen molar-refractivity contribution in [2.75, 3.05) is 12.1 Å². The van der Waals surface area contributed by atoms with Gasteiger partial charge in [0.15, 0.2) is 6.10 Å². The van der Waals surface area contributed by atoms with Crippen molar-refractivity contribution in [1.82, 2.24) is 20.3 Å². The lowest BCUT2D eigenvalue weighted by Crippen LogP contribution is -2.60. The van der Waals surface area contributed by atoms with Gasteiger partial charge in [-0.1, -0.05) is 68.4 Å². The van der Waals surface area contributed by atoms with Gasteiger partial charge in [-0.2, -0.15) is 0 Å². The lowest BCUT2D eigenvalue weighted by molar-refractivity contribution is -0.148. The second-order valence-corrected chi connectivity index (χ2v) is 15.0. The van der Waals surface area contributed by atoms with Crippen molar-refractivity contribution in [2.24, 2.45) is 5.92 Å². The van der Waals surface area contributed by atoms with Crippen LogP contribution in [0.2, 0.25) is 0 Å². The number of aliphatic hydroxyl groups excluding tert-OH is 1. The first-order valence-electron chi connectivity index (χ1n) is 13.9. The van der Waals surface area contributed by atoms with Crippen LogP contribution in [0.1, 0.15) is 44.4 Å². The molecule has 0 spiro atoms. The molecular formula is C30H42N4O6S2. The van der Waals surface area contributed by atoms with E-state index in [4.69, 9.17) is 0 Å². The monoisotopic (exact) mass is 618 g/mol. The van der Waals surface area contributed by atoms with E-state index >= 15 is 0 Å². The molecule has 0 aromatic heterocycles. The number of carbonyl (C=O) groups is 3. The van der Waals surface area contributed by atoms with Crippen LogP contribution >= 0.6 is 11.8 Å². The topological polar surface area (TPSA) is 145 Å². The van der Waals surface area contributed by atoms with E-state index in [0.717, 1.165) is 22.9 Å². The van der Waals surface area contributed by atoms with Gasteiger partial charge in [0.25, 0.3) is 5.91 Å². The number of aryl methyl sites for hydroxylation is 1. The maximum atomic E-state index is 13.8. The van der Waals surface area contributed by atoms with E-state index in [1.807, 2.05) is 63.2 Å². The highest BCUT2D eigenvalue weighted by Gasteiger charge is 2.50. The van der Waals surface area contributed by atoms with Crippen molar-refractivity contribution in [2.45, 2.75) is 76.6 Å². The molecule has 2 aromatic rings. The minimum atomic E-state index is -3.71. The van der Waals surface area contributed by atoms with Gasteiger partial charge in [-0.15, -0.1) is 11.8 Å². The molecule has 3 rings (SSSR count). The van der Waals surface area contributed by atoms with E-state index in [9.17, 15) is 27.9 Å². The van der Waals surface area contributed by atoms with Crippen LogP contribution in [0.4, 0.5) is 0 Å². The summed E-state index contributed by atoms with van der Waals surface area (Å²) >= 11 is 1.43. The SMILES string of the molecule is Cc1ccccc1CNC(=O)[C@H]1N(C(=O)[C@@H](O)[C@H](Cc2ccccc2)NC(=O)[C@@H](NS(C)(=O)=O)C(C)C)CSC1(C)C. The highest BCUT2D eigenvalue weighted by Crippen LogP contribution is 2.40. The zero-order valence-electron chi connectivity index (χ0n) is 25.0. The molecule has 1 heterocycles. The molecule has 0 bridgehead atoms. The van der Waals surface area contributed by atoms with Gasteiger partial charge in [-0.05, 0) is 49.8 Å². The zero-order valence-corrected chi connectivity index (χ0v) is 26.6. The highest BCUT2D eigenvalue weighted by atomic mass is 32.2. The Labute approximate surface area is 253 Å². The molecule has 42 heavy (non-hydrogen) atoms. The third-order valence-corrected chi connectivity index (χ3v) is 9.40. The number of amides is 3. The molecule has 12 heteroatoms. The Morgan fingerprint density at radius 3 is 2.29 bits per heavy atom. The summed E-state index contributed by atoms with van der Waals surface area (Å²) in [6.45, 7) is 9.40. The van der Waals surface area contributed by atoms with E-state index in [1.165, 1.54) is 16.7 Å². The largest absolute Gasteiger partial charge is 0.381 e. The fraction of sp³-hybridized carbons (Fsp3) is 0.500. The second kappa shape index (κ2) is 14.0. The fourth-order valence-electron chi connectivity index (χ4n) is 4.95. The molecule has 4 N–H and O–H groups in total. The molecule has 10 nitrogen and oxygen atoms in total. The van der Waals surface area contributed by atoms with Gasteiger partial charge in [0.05, 0.1) is 18.2 Å². The number of nitrogens with zero attached hydrogens (tertiary/aromatic N) is 1. The molecule has 1 fully saturated rings. The number of aliphatic hydroxyl groups is 1. The highest BCUT2D eigenvalue weighted by molar-refractivity contribution is 8.00. The maximum Gasteiger partial charge on any atom is 0.254 e. The molecule has 230 valence electrons. The van der Waals surface area contributed by atoms with Crippen LogP contribution in [-0.2, 0) is 37.4 Å². The molecule has 0 aliphatic carbocycles. The standard InChI is InChI=1S/C30H42N4O6S2/c1-19(2)24(33-42(6,39)40)27(36)32-23(16-21-13-8-7-9-14-21)25(35)29(38)34-18-41-30(4,5)26(34)28(37)31-17-22-15-11-10-12-20(22)3/h7-15,19,23-26,33,35H,16-18H2,1-6H3,(H,31,37)(H,32,36)/t23-,24-,25-,26+/m0/s1. The van der Waals surface area contributed by atoms with E-state index < -0.39 is 56.7 Å². The first kappa shape index (κ1) is 33.6. The number of hydrogen-bond acceptors (Lipinski definition) is 7. The van der Waals surface area contributed by atoms with Crippen molar-refractivity contribution in [3.8, 4) is 0 Å². The molecule has 2 aromatic carbocycles. The molecule has 0 unspecified atom stereocenters. The number of hydrogen-bond donors (Lipinski definition) is 4.